The summed E-state index contributed by atoms with van der Waals surface area (Å²) in [6.45, 7) is 3.78. The number of para-hydroxylation sites is 2. The molecule has 36 heavy (non-hydrogen) atoms. The summed E-state index contributed by atoms with van der Waals surface area (Å²) in [4.78, 5) is 37.1. The number of aromatic nitrogens is 3. The smallest absolute Gasteiger partial charge is 0.311 e. The van der Waals surface area contributed by atoms with E-state index in [-0.39, 0.29) is 23.0 Å². The number of hydrogen-bond donors (Lipinski definition) is 0. The van der Waals surface area contributed by atoms with E-state index in [1.54, 1.807) is 23.5 Å². The van der Waals surface area contributed by atoms with Crippen LogP contribution in [0.3, 0.4) is 0 Å². The second-order valence-electron chi connectivity index (χ2n) is 9.01. The summed E-state index contributed by atoms with van der Waals surface area (Å²) < 4.78 is 7.45. The predicted molar refractivity (Wildman–Crippen MR) is 140 cm³/mol. The Kier molecular flexibility index (Phi) is 5.30. The van der Waals surface area contributed by atoms with Crippen LogP contribution in [-0.2, 0) is 12.8 Å². The third-order valence-electron chi connectivity index (χ3n) is 6.63. The molecule has 0 amide bonds. The molecule has 2 aromatic carbocycles. The van der Waals surface area contributed by atoms with Gasteiger partial charge < -0.3 is 4.74 Å². The minimum absolute atomic E-state index is 0.0176. The Morgan fingerprint density at radius 3 is 2.53 bits per heavy atom. The Morgan fingerprint density at radius 2 is 1.75 bits per heavy atom. The highest BCUT2D eigenvalue weighted by Gasteiger charge is 2.25. The molecule has 6 rings (SSSR count). The maximum Gasteiger partial charge on any atom is 0.311 e. The van der Waals surface area contributed by atoms with Crippen LogP contribution in [0.1, 0.15) is 34.5 Å². The van der Waals surface area contributed by atoms with Gasteiger partial charge in [-0.05, 0) is 63.3 Å². The van der Waals surface area contributed by atoms with Crippen LogP contribution in [0.5, 0.6) is 11.8 Å². The maximum absolute atomic E-state index is 14.1. The van der Waals surface area contributed by atoms with Crippen molar-refractivity contribution in [2.75, 3.05) is 0 Å². The first-order valence-electron chi connectivity index (χ1n) is 11.8. The SMILES string of the molecule is Cc1ccc(-n2c(Oc3ccccc3[N+](=O)[O-])nc3c(c(C)nc4sc5c(c43)CCCC5)c2=O)cc1. The zero-order valence-corrected chi connectivity index (χ0v) is 20.6. The monoisotopic (exact) mass is 498 g/mol. The molecule has 8 nitrogen and oxygen atoms in total. The van der Waals surface area contributed by atoms with E-state index < -0.39 is 4.92 Å². The number of hydrogen-bond acceptors (Lipinski definition) is 7. The van der Waals surface area contributed by atoms with Crippen molar-refractivity contribution in [3.8, 4) is 17.4 Å². The Balaban J connectivity index is 1.70. The predicted octanol–water partition coefficient (Wildman–Crippen LogP) is 6.19. The highest BCUT2D eigenvalue weighted by atomic mass is 32.1. The summed E-state index contributed by atoms with van der Waals surface area (Å²) in [6, 6.07) is 13.5. The molecule has 0 atom stereocenters. The summed E-state index contributed by atoms with van der Waals surface area (Å²) in [6.07, 6.45) is 4.12. The Labute approximate surface area is 210 Å². The van der Waals surface area contributed by atoms with E-state index in [9.17, 15) is 14.9 Å². The van der Waals surface area contributed by atoms with Gasteiger partial charge in [0.1, 0.15) is 4.83 Å². The molecule has 0 spiro atoms. The molecule has 3 aromatic heterocycles. The Hall–Kier alpha value is -4.11. The maximum atomic E-state index is 14.1. The first kappa shape index (κ1) is 22.4. The van der Waals surface area contributed by atoms with Crippen LogP contribution < -0.4 is 10.3 Å². The van der Waals surface area contributed by atoms with E-state index >= 15 is 0 Å². The van der Waals surface area contributed by atoms with Crippen molar-refractivity contribution in [3.05, 3.63) is 90.7 Å². The molecule has 0 saturated carbocycles. The molecule has 9 heteroatoms. The number of nitro benzene ring substituents is 1. The highest BCUT2D eigenvalue weighted by Crippen LogP contribution is 2.40. The van der Waals surface area contributed by atoms with Crippen molar-refractivity contribution in [1.29, 1.82) is 0 Å². The van der Waals surface area contributed by atoms with Crippen molar-refractivity contribution in [1.82, 2.24) is 14.5 Å². The van der Waals surface area contributed by atoms with E-state index in [1.165, 1.54) is 27.1 Å². The fourth-order valence-electron chi connectivity index (χ4n) is 4.87. The van der Waals surface area contributed by atoms with Gasteiger partial charge in [-0.2, -0.15) is 4.98 Å². The quantitative estimate of drug-likeness (QED) is 0.216. The van der Waals surface area contributed by atoms with Gasteiger partial charge in [0.2, 0.25) is 5.75 Å². The largest absolute Gasteiger partial charge is 0.418 e. The van der Waals surface area contributed by atoms with Crippen molar-refractivity contribution < 1.29 is 9.66 Å². The fraction of sp³-hybridized carbons (Fsp3) is 0.222. The van der Waals surface area contributed by atoms with Crippen molar-refractivity contribution in [2.24, 2.45) is 0 Å². The Morgan fingerprint density at radius 1 is 1.00 bits per heavy atom. The fourth-order valence-corrected chi connectivity index (χ4v) is 6.19. The number of ether oxygens (including phenoxy) is 1. The summed E-state index contributed by atoms with van der Waals surface area (Å²) >= 11 is 1.66. The molecule has 5 aromatic rings. The average Bonchev–Trinajstić information content (AvgIpc) is 3.23. The number of nitrogens with zero attached hydrogens (tertiary/aromatic N) is 4. The third-order valence-corrected chi connectivity index (χ3v) is 7.81. The summed E-state index contributed by atoms with van der Waals surface area (Å²) in [5.74, 6) is 0.0176. The van der Waals surface area contributed by atoms with Gasteiger partial charge in [-0.3, -0.25) is 14.9 Å². The van der Waals surface area contributed by atoms with Gasteiger partial charge >= 0.3 is 11.7 Å². The Bertz CT molecular complexity index is 1740. The van der Waals surface area contributed by atoms with Gasteiger partial charge in [0.05, 0.1) is 27.2 Å². The highest BCUT2D eigenvalue weighted by molar-refractivity contribution is 7.19. The normalized spacial score (nSPS) is 13.2. The first-order chi connectivity index (χ1) is 17.4. The lowest BCUT2D eigenvalue weighted by Crippen LogP contribution is -2.22. The lowest BCUT2D eigenvalue weighted by Gasteiger charge is -2.16. The first-order valence-corrected chi connectivity index (χ1v) is 12.6. The van der Waals surface area contributed by atoms with E-state index in [0.717, 1.165) is 41.5 Å². The molecule has 0 N–H and O–H groups in total. The van der Waals surface area contributed by atoms with Crippen LogP contribution in [0.15, 0.2) is 53.3 Å². The standard InChI is InChI=1S/C27H22N4O4S/c1-15-11-13-17(14-12-15)30-26(32)22-16(2)28-25-23(18-7-3-6-10-21(18)36-25)24(22)29-27(30)35-20-9-5-4-8-19(20)31(33)34/h4-5,8-9,11-14H,3,6-7,10H2,1-2H3. The molecular weight excluding hydrogens is 476 g/mol. The molecule has 0 saturated heterocycles. The third kappa shape index (κ3) is 3.54. The van der Waals surface area contributed by atoms with Crippen LogP contribution in [0, 0.1) is 24.0 Å². The zero-order chi connectivity index (χ0) is 25.0. The van der Waals surface area contributed by atoms with Gasteiger partial charge in [0, 0.05) is 16.3 Å². The van der Waals surface area contributed by atoms with Crippen LogP contribution >= 0.6 is 11.3 Å². The van der Waals surface area contributed by atoms with Crippen LogP contribution in [0.4, 0.5) is 5.69 Å². The van der Waals surface area contributed by atoms with Gasteiger partial charge in [0.25, 0.3) is 5.56 Å². The number of fused-ring (bicyclic) bond motifs is 5. The van der Waals surface area contributed by atoms with Crippen LogP contribution in [0.25, 0.3) is 26.8 Å². The molecule has 1 aliphatic rings. The zero-order valence-electron chi connectivity index (χ0n) is 19.8. The molecule has 0 unspecified atom stereocenters. The minimum atomic E-state index is -0.508. The topological polar surface area (TPSA) is 100 Å². The molecule has 0 fully saturated rings. The molecular formula is C27H22N4O4S. The summed E-state index contributed by atoms with van der Waals surface area (Å²) in [5.41, 5.74) is 3.42. The molecule has 180 valence electrons. The summed E-state index contributed by atoms with van der Waals surface area (Å²) in [7, 11) is 0. The van der Waals surface area contributed by atoms with E-state index in [2.05, 4.69) is 0 Å². The number of rotatable bonds is 4. The second-order valence-corrected chi connectivity index (χ2v) is 10.1. The molecule has 1 aliphatic carbocycles. The van der Waals surface area contributed by atoms with E-state index in [1.807, 2.05) is 38.1 Å². The molecule has 0 radical (unpaired) electrons. The number of thiophene rings is 1. The second kappa shape index (κ2) is 8.53. The molecule has 0 aliphatic heterocycles. The van der Waals surface area contributed by atoms with Crippen LogP contribution in [-0.4, -0.2) is 19.5 Å². The molecule has 0 bridgehead atoms. The van der Waals surface area contributed by atoms with Crippen LogP contribution in [0.2, 0.25) is 0 Å². The van der Waals surface area contributed by atoms with Gasteiger partial charge in [-0.15, -0.1) is 11.3 Å². The number of pyridine rings is 1. The minimum Gasteiger partial charge on any atom is -0.418 e. The van der Waals surface area contributed by atoms with Crippen molar-refractivity contribution in [2.45, 2.75) is 39.5 Å². The molecule has 3 heterocycles. The van der Waals surface area contributed by atoms with Crippen molar-refractivity contribution >= 4 is 38.1 Å². The number of benzene rings is 2. The average molecular weight is 499 g/mol. The lowest BCUT2D eigenvalue weighted by molar-refractivity contribution is -0.385. The van der Waals surface area contributed by atoms with Gasteiger partial charge in [-0.1, -0.05) is 29.8 Å². The number of nitro groups is 1. The van der Waals surface area contributed by atoms with Gasteiger partial charge in [-0.25, -0.2) is 9.55 Å². The van der Waals surface area contributed by atoms with Crippen molar-refractivity contribution in [3.63, 3.8) is 0 Å². The summed E-state index contributed by atoms with van der Waals surface area (Å²) in [5, 5.41) is 13.0. The van der Waals surface area contributed by atoms with E-state index in [0.29, 0.717) is 22.3 Å². The van der Waals surface area contributed by atoms with E-state index in [4.69, 9.17) is 14.7 Å². The van der Waals surface area contributed by atoms with Gasteiger partial charge in [0.15, 0.2) is 0 Å². The number of aryl methyl sites for hydroxylation is 4. The lowest BCUT2D eigenvalue weighted by atomic mass is 9.96.